The molecule has 0 saturated heterocycles. The standard InChI is InChI=1S/C11H14ClN3O2S/c1-14-11(17)15-10(16)4-5-18-9-3-2-7(13)6-8(9)12/h2-3,6H,4-5,13H2,1H3,(H2,14,15,16,17). The highest BCUT2D eigenvalue weighted by atomic mass is 35.5. The molecule has 0 aliphatic heterocycles. The Morgan fingerprint density at radius 2 is 2.17 bits per heavy atom. The highest BCUT2D eigenvalue weighted by Gasteiger charge is 2.07. The Hall–Kier alpha value is -1.40. The molecule has 1 aromatic carbocycles. The van der Waals surface area contributed by atoms with Gasteiger partial charge in [-0.15, -0.1) is 11.8 Å². The van der Waals surface area contributed by atoms with E-state index in [9.17, 15) is 9.59 Å². The van der Waals surface area contributed by atoms with Gasteiger partial charge in [0.1, 0.15) is 0 Å². The minimum Gasteiger partial charge on any atom is -0.399 e. The summed E-state index contributed by atoms with van der Waals surface area (Å²) in [6, 6.07) is 4.71. The van der Waals surface area contributed by atoms with E-state index in [0.29, 0.717) is 16.5 Å². The summed E-state index contributed by atoms with van der Waals surface area (Å²) in [6.45, 7) is 0. The number of nitrogens with one attached hydrogen (secondary N) is 2. The third-order valence-electron chi connectivity index (χ3n) is 2.02. The Bertz CT molecular complexity index is 454. The first kappa shape index (κ1) is 14.7. The van der Waals surface area contributed by atoms with Gasteiger partial charge in [-0.2, -0.15) is 0 Å². The zero-order valence-corrected chi connectivity index (χ0v) is 11.4. The summed E-state index contributed by atoms with van der Waals surface area (Å²) in [4.78, 5) is 23.0. The zero-order valence-electron chi connectivity index (χ0n) is 9.83. The van der Waals surface area contributed by atoms with Crippen molar-refractivity contribution in [1.29, 1.82) is 0 Å². The molecule has 3 amide bonds. The average molecular weight is 288 g/mol. The molecule has 0 aliphatic rings. The van der Waals surface area contributed by atoms with Crippen LogP contribution < -0.4 is 16.4 Å². The second-order valence-electron chi connectivity index (χ2n) is 3.42. The molecule has 0 saturated carbocycles. The SMILES string of the molecule is CNC(=O)NC(=O)CCSc1ccc(N)cc1Cl. The number of thioether (sulfide) groups is 1. The smallest absolute Gasteiger partial charge is 0.321 e. The van der Waals surface area contributed by atoms with Crippen molar-refractivity contribution < 1.29 is 9.59 Å². The lowest BCUT2D eigenvalue weighted by molar-refractivity contribution is -0.119. The number of nitrogen functional groups attached to an aromatic ring is 1. The Morgan fingerprint density at radius 1 is 1.44 bits per heavy atom. The predicted molar refractivity (Wildman–Crippen MR) is 73.8 cm³/mol. The van der Waals surface area contributed by atoms with Gasteiger partial charge >= 0.3 is 6.03 Å². The van der Waals surface area contributed by atoms with Gasteiger partial charge in [0.05, 0.1) is 5.02 Å². The summed E-state index contributed by atoms with van der Waals surface area (Å²) in [5, 5.41) is 5.05. The second-order valence-corrected chi connectivity index (χ2v) is 4.96. The number of carbonyl (C=O) groups excluding carboxylic acids is 2. The fourth-order valence-electron chi connectivity index (χ4n) is 1.14. The molecule has 0 radical (unpaired) electrons. The lowest BCUT2D eigenvalue weighted by Gasteiger charge is -2.05. The number of carbonyl (C=O) groups is 2. The van der Waals surface area contributed by atoms with Crippen LogP contribution in [0.3, 0.4) is 0 Å². The van der Waals surface area contributed by atoms with Gasteiger partial charge in [-0.1, -0.05) is 11.6 Å². The van der Waals surface area contributed by atoms with Crippen molar-refractivity contribution in [2.24, 2.45) is 0 Å². The summed E-state index contributed by atoms with van der Waals surface area (Å²) in [6.07, 6.45) is 0.235. The van der Waals surface area contributed by atoms with Crippen molar-refractivity contribution >= 4 is 41.0 Å². The van der Waals surface area contributed by atoms with E-state index in [0.717, 1.165) is 4.90 Å². The number of rotatable bonds is 4. The monoisotopic (exact) mass is 287 g/mol. The topological polar surface area (TPSA) is 84.2 Å². The Morgan fingerprint density at radius 3 is 2.78 bits per heavy atom. The first-order valence-corrected chi connectivity index (χ1v) is 6.58. The Balaban J connectivity index is 2.37. The van der Waals surface area contributed by atoms with Crippen molar-refractivity contribution in [3.05, 3.63) is 23.2 Å². The molecule has 4 N–H and O–H groups in total. The molecule has 0 spiro atoms. The van der Waals surface area contributed by atoms with Crippen LogP contribution in [0, 0.1) is 0 Å². The van der Waals surface area contributed by atoms with E-state index < -0.39 is 6.03 Å². The van der Waals surface area contributed by atoms with Crippen molar-refractivity contribution in [2.75, 3.05) is 18.5 Å². The molecule has 0 heterocycles. The van der Waals surface area contributed by atoms with E-state index in [2.05, 4.69) is 10.6 Å². The van der Waals surface area contributed by atoms with Crippen LogP contribution in [0.1, 0.15) is 6.42 Å². The van der Waals surface area contributed by atoms with Crippen LogP contribution in [0.25, 0.3) is 0 Å². The fourth-order valence-corrected chi connectivity index (χ4v) is 2.36. The number of hydrogen-bond acceptors (Lipinski definition) is 4. The van der Waals surface area contributed by atoms with Gasteiger partial charge in [-0.3, -0.25) is 10.1 Å². The molecule has 0 aromatic heterocycles. The van der Waals surface area contributed by atoms with Crippen LogP contribution in [-0.4, -0.2) is 24.7 Å². The third-order valence-corrected chi connectivity index (χ3v) is 3.52. The van der Waals surface area contributed by atoms with E-state index in [1.54, 1.807) is 18.2 Å². The summed E-state index contributed by atoms with van der Waals surface area (Å²) in [7, 11) is 1.45. The molecule has 0 fully saturated rings. The zero-order chi connectivity index (χ0) is 13.5. The average Bonchev–Trinajstić information content (AvgIpc) is 2.31. The van der Waals surface area contributed by atoms with Crippen LogP contribution in [-0.2, 0) is 4.79 Å². The van der Waals surface area contributed by atoms with Gasteiger partial charge in [0.2, 0.25) is 5.91 Å². The van der Waals surface area contributed by atoms with Crippen LogP contribution in [0.2, 0.25) is 5.02 Å². The van der Waals surface area contributed by atoms with Crippen LogP contribution in [0.5, 0.6) is 0 Å². The van der Waals surface area contributed by atoms with E-state index in [-0.39, 0.29) is 12.3 Å². The lowest BCUT2D eigenvalue weighted by Crippen LogP contribution is -2.37. The highest BCUT2D eigenvalue weighted by Crippen LogP contribution is 2.29. The van der Waals surface area contributed by atoms with Crippen LogP contribution in [0.4, 0.5) is 10.5 Å². The van der Waals surface area contributed by atoms with Gasteiger partial charge in [-0.05, 0) is 18.2 Å². The third kappa shape index (κ3) is 4.85. The lowest BCUT2D eigenvalue weighted by atomic mass is 10.3. The summed E-state index contributed by atoms with van der Waals surface area (Å²) in [5.74, 6) is 0.209. The van der Waals surface area contributed by atoms with Crippen molar-refractivity contribution in [3.63, 3.8) is 0 Å². The molecular weight excluding hydrogens is 274 g/mol. The molecule has 0 bridgehead atoms. The minimum absolute atomic E-state index is 0.235. The molecule has 5 nitrogen and oxygen atoms in total. The van der Waals surface area contributed by atoms with E-state index in [1.807, 2.05) is 0 Å². The number of hydrogen-bond donors (Lipinski definition) is 3. The normalized spacial score (nSPS) is 9.89. The first-order valence-electron chi connectivity index (χ1n) is 5.22. The molecule has 98 valence electrons. The van der Waals surface area contributed by atoms with E-state index in [4.69, 9.17) is 17.3 Å². The largest absolute Gasteiger partial charge is 0.399 e. The molecule has 1 aromatic rings. The van der Waals surface area contributed by atoms with Crippen molar-refractivity contribution in [2.45, 2.75) is 11.3 Å². The van der Waals surface area contributed by atoms with Gasteiger partial charge in [0.15, 0.2) is 0 Å². The maximum absolute atomic E-state index is 11.3. The van der Waals surface area contributed by atoms with Gasteiger partial charge < -0.3 is 11.1 Å². The number of benzene rings is 1. The number of amides is 3. The molecule has 18 heavy (non-hydrogen) atoms. The highest BCUT2D eigenvalue weighted by molar-refractivity contribution is 7.99. The Kier molecular flexibility index (Phi) is 5.80. The maximum atomic E-state index is 11.3. The first-order chi connectivity index (χ1) is 8.52. The van der Waals surface area contributed by atoms with Crippen LogP contribution >= 0.6 is 23.4 Å². The number of nitrogens with two attached hydrogens (primary N) is 1. The molecule has 1 rings (SSSR count). The quantitative estimate of drug-likeness (QED) is 0.583. The fraction of sp³-hybridized carbons (Fsp3) is 0.273. The van der Waals surface area contributed by atoms with Gasteiger partial charge in [-0.25, -0.2) is 4.79 Å². The maximum Gasteiger partial charge on any atom is 0.321 e. The summed E-state index contributed by atoms with van der Waals surface area (Å²) >= 11 is 7.42. The van der Waals surface area contributed by atoms with Crippen LogP contribution in [0.15, 0.2) is 23.1 Å². The number of anilines is 1. The number of halogens is 1. The van der Waals surface area contributed by atoms with Gasteiger partial charge in [0.25, 0.3) is 0 Å². The molecule has 0 atom stereocenters. The molecule has 7 heteroatoms. The molecular formula is C11H14ClN3O2S. The number of imide groups is 1. The Labute approximate surface area is 114 Å². The summed E-state index contributed by atoms with van der Waals surface area (Å²) < 4.78 is 0. The van der Waals surface area contributed by atoms with Crippen molar-refractivity contribution in [1.82, 2.24) is 10.6 Å². The van der Waals surface area contributed by atoms with Crippen molar-refractivity contribution in [3.8, 4) is 0 Å². The summed E-state index contributed by atoms with van der Waals surface area (Å²) in [5.41, 5.74) is 6.17. The molecule has 0 aliphatic carbocycles. The van der Waals surface area contributed by atoms with E-state index >= 15 is 0 Å². The minimum atomic E-state index is -0.504. The van der Waals surface area contributed by atoms with E-state index in [1.165, 1.54) is 18.8 Å². The predicted octanol–water partition coefficient (Wildman–Crippen LogP) is 1.86. The second kappa shape index (κ2) is 7.13. The van der Waals surface area contributed by atoms with Gasteiger partial charge in [0, 0.05) is 29.8 Å². The number of urea groups is 1. The molecule has 0 unspecified atom stereocenters.